The highest BCUT2D eigenvalue weighted by Gasteiger charge is 2.07. The topological polar surface area (TPSA) is 76.8 Å². The van der Waals surface area contributed by atoms with Gasteiger partial charge in [0.1, 0.15) is 12.4 Å². The van der Waals surface area contributed by atoms with Crippen molar-refractivity contribution in [3.05, 3.63) is 11.6 Å². The van der Waals surface area contributed by atoms with E-state index in [9.17, 15) is 8.78 Å². The minimum absolute atomic E-state index is 0.192. The lowest BCUT2D eigenvalue weighted by atomic mass is 10.3. The number of halogens is 2. The van der Waals surface area contributed by atoms with Crippen LogP contribution in [0.25, 0.3) is 0 Å². The van der Waals surface area contributed by atoms with Crippen LogP contribution in [0.1, 0.15) is 24.6 Å². The third-order valence-corrected chi connectivity index (χ3v) is 1.68. The predicted octanol–water partition coefficient (Wildman–Crippen LogP) is 0.649. The predicted molar refractivity (Wildman–Crippen MR) is 49.5 cm³/mol. The number of aromatic amines is 1. The van der Waals surface area contributed by atoms with Crippen molar-refractivity contribution in [3.8, 4) is 0 Å². The van der Waals surface area contributed by atoms with E-state index in [-0.39, 0.29) is 12.6 Å². The van der Waals surface area contributed by atoms with Crippen molar-refractivity contribution in [2.45, 2.75) is 25.8 Å². The number of nitrogens with zero attached hydrogens (tertiary/aromatic N) is 2. The van der Waals surface area contributed by atoms with Crippen molar-refractivity contribution in [1.29, 1.82) is 0 Å². The summed E-state index contributed by atoms with van der Waals surface area (Å²) in [6.45, 7) is 1.41. The molecule has 1 aromatic rings. The number of nitrogens with one attached hydrogen (secondary N) is 1. The van der Waals surface area contributed by atoms with E-state index in [4.69, 9.17) is 10.5 Å². The molecule has 86 valence electrons. The first-order valence-corrected chi connectivity index (χ1v) is 4.62. The van der Waals surface area contributed by atoms with Crippen LogP contribution in [0.3, 0.4) is 0 Å². The average Bonchev–Trinajstić information content (AvgIpc) is 2.60. The van der Waals surface area contributed by atoms with Crippen molar-refractivity contribution in [3.63, 3.8) is 0 Å². The number of ether oxygens (including phenoxy) is 1. The van der Waals surface area contributed by atoms with Gasteiger partial charge in [-0.3, -0.25) is 5.10 Å². The SMILES string of the molecule is CC(N)c1n[nH]c(CCOCC(F)F)n1. The summed E-state index contributed by atoms with van der Waals surface area (Å²) in [5.74, 6) is 1.11. The highest BCUT2D eigenvalue weighted by Crippen LogP contribution is 2.02. The molecule has 0 saturated heterocycles. The second kappa shape index (κ2) is 5.72. The monoisotopic (exact) mass is 220 g/mol. The van der Waals surface area contributed by atoms with E-state index >= 15 is 0 Å². The molecule has 0 aromatic carbocycles. The maximum absolute atomic E-state index is 11.7. The molecule has 0 bridgehead atoms. The Bertz CT molecular complexity index is 290. The van der Waals surface area contributed by atoms with Gasteiger partial charge in [0, 0.05) is 6.42 Å². The zero-order chi connectivity index (χ0) is 11.3. The molecule has 3 N–H and O–H groups in total. The minimum Gasteiger partial charge on any atom is -0.375 e. The molecule has 1 heterocycles. The number of nitrogens with two attached hydrogens (primary N) is 1. The Kier molecular flexibility index (Phi) is 4.57. The van der Waals surface area contributed by atoms with Crippen LogP contribution in [0, 0.1) is 0 Å². The highest BCUT2D eigenvalue weighted by molar-refractivity contribution is 4.94. The summed E-state index contributed by atoms with van der Waals surface area (Å²) in [6.07, 6.45) is -2.01. The summed E-state index contributed by atoms with van der Waals surface area (Å²) in [5.41, 5.74) is 5.55. The third kappa shape index (κ3) is 4.30. The molecule has 0 spiro atoms. The van der Waals surface area contributed by atoms with E-state index in [0.29, 0.717) is 18.1 Å². The minimum atomic E-state index is -2.43. The number of H-pyrrole nitrogens is 1. The Balaban J connectivity index is 2.26. The molecule has 5 nitrogen and oxygen atoms in total. The molecule has 0 aliphatic heterocycles. The Labute approximate surface area is 86.0 Å². The first-order chi connectivity index (χ1) is 7.09. The van der Waals surface area contributed by atoms with Gasteiger partial charge in [-0.1, -0.05) is 0 Å². The standard InChI is InChI=1S/C8H14F2N4O/c1-5(11)8-12-7(13-14-8)2-3-15-4-6(9)10/h5-6H,2-4,11H2,1H3,(H,12,13,14). The molecular weight excluding hydrogens is 206 g/mol. The van der Waals surface area contributed by atoms with E-state index in [1.54, 1.807) is 6.92 Å². The lowest BCUT2D eigenvalue weighted by molar-refractivity contribution is 0.0183. The fraction of sp³-hybridized carbons (Fsp3) is 0.750. The van der Waals surface area contributed by atoms with Crippen molar-refractivity contribution < 1.29 is 13.5 Å². The van der Waals surface area contributed by atoms with Gasteiger partial charge in [0.2, 0.25) is 0 Å². The lowest BCUT2D eigenvalue weighted by Crippen LogP contribution is -2.08. The summed E-state index contributed by atoms with van der Waals surface area (Å²) in [6, 6.07) is -0.239. The zero-order valence-electron chi connectivity index (χ0n) is 8.41. The van der Waals surface area contributed by atoms with Gasteiger partial charge in [-0.15, -0.1) is 0 Å². The Morgan fingerprint density at radius 3 is 2.80 bits per heavy atom. The molecule has 1 atom stereocenters. The normalized spacial score (nSPS) is 13.4. The van der Waals surface area contributed by atoms with Crippen LogP contribution in [0.4, 0.5) is 8.78 Å². The van der Waals surface area contributed by atoms with E-state index < -0.39 is 13.0 Å². The molecule has 1 aromatic heterocycles. The summed E-state index contributed by atoms with van der Waals surface area (Å²) >= 11 is 0. The van der Waals surface area contributed by atoms with Crippen LogP contribution in [0.5, 0.6) is 0 Å². The van der Waals surface area contributed by atoms with Gasteiger partial charge >= 0.3 is 0 Å². The smallest absolute Gasteiger partial charge is 0.261 e. The fourth-order valence-corrected chi connectivity index (χ4v) is 0.967. The second-order valence-electron chi connectivity index (χ2n) is 3.14. The summed E-state index contributed by atoms with van der Waals surface area (Å²) < 4.78 is 28.1. The van der Waals surface area contributed by atoms with E-state index in [2.05, 4.69) is 15.2 Å². The molecule has 1 unspecified atom stereocenters. The molecule has 0 saturated carbocycles. The number of hydrogen-bond donors (Lipinski definition) is 2. The van der Waals surface area contributed by atoms with Crippen LogP contribution in [-0.4, -0.2) is 34.8 Å². The molecule has 0 aliphatic rings. The number of rotatable bonds is 6. The quantitative estimate of drug-likeness (QED) is 0.690. The van der Waals surface area contributed by atoms with E-state index in [0.717, 1.165) is 0 Å². The van der Waals surface area contributed by atoms with Gasteiger partial charge in [0.05, 0.1) is 12.6 Å². The Hall–Kier alpha value is -1.08. The molecule has 0 radical (unpaired) electrons. The first-order valence-electron chi connectivity index (χ1n) is 4.62. The Morgan fingerprint density at radius 1 is 1.53 bits per heavy atom. The van der Waals surface area contributed by atoms with Gasteiger partial charge in [-0.25, -0.2) is 13.8 Å². The first kappa shape index (κ1) is 12.0. The molecule has 0 amide bonds. The number of aromatic nitrogens is 3. The van der Waals surface area contributed by atoms with Crippen LogP contribution in [0.15, 0.2) is 0 Å². The van der Waals surface area contributed by atoms with Gasteiger partial charge in [0.25, 0.3) is 6.43 Å². The van der Waals surface area contributed by atoms with Crippen LogP contribution in [0.2, 0.25) is 0 Å². The molecule has 7 heteroatoms. The van der Waals surface area contributed by atoms with E-state index in [1.165, 1.54) is 0 Å². The van der Waals surface area contributed by atoms with E-state index in [1.807, 2.05) is 0 Å². The van der Waals surface area contributed by atoms with Crippen LogP contribution in [-0.2, 0) is 11.2 Å². The number of hydrogen-bond acceptors (Lipinski definition) is 4. The van der Waals surface area contributed by atoms with Crippen molar-refractivity contribution >= 4 is 0 Å². The van der Waals surface area contributed by atoms with Crippen molar-refractivity contribution in [1.82, 2.24) is 15.2 Å². The largest absolute Gasteiger partial charge is 0.375 e. The third-order valence-electron chi connectivity index (χ3n) is 1.68. The average molecular weight is 220 g/mol. The molecular formula is C8H14F2N4O. The lowest BCUT2D eigenvalue weighted by Gasteiger charge is -2.00. The Morgan fingerprint density at radius 2 is 2.27 bits per heavy atom. The van der Waals surface area contributed by atoms with Crippen molar-refractivity contribution in [2.24, 2.45) is 5.73 Å². The summed E-state index contributed by atoms with van der Waals surface area (Å²) in [5, 5.41) is 6.53. The maximum atomic E-state index is 11.7. The van der Waals surface area contributed by atoms with Gasteiger partial charge in [-0.2, -0.15) is 5.10 Å². The second-order valence-corrected chi connectivity index (χ2v) is 3.14. The van der Waals surface area contributed by atoms with Gasteiger partial charge in [-0.05, 0) is 6.92 Å². The maximum Gasteiger partial charge on any atom is 0.261 e. The molecule has 15 heavy (non-hydrogen) atoms. The molecule has 0 fully saturated rings. The van der Waals surface area contributed by atoms with Gasteiger partial charge < -0.3 is 10.5 Å². The molecule has 1 rings (SSSR count). The zero-order valence-corrected chi connectivity index (χ0v) is 8.41. The van der Waals surface area contributed by atoms with Crippen LogP contribution < -0.4 is 5.73 Å². The fourth-order valence-electron chi connectivity index (χ4n) is 0.967. The van der Waals surface area contributed by atoms with Gasteiger partial charge in [0.15, 0.2) is 5.82 Å². The number of alkyl halides is 2. The van der Waals surface area contributed by atoms with Crippen molar-refractivity contribution in [2.75, 3.05) is 13.2 Å². The summed E-state index contributed by atoms with van der Waals surface area (Å²) in [4.78, 5) is 4.07. The summed E-state index contributed by atoms with van der Waals surface area (Å²) in [7, 11) is 0. The highest BCUT2D eigenvalue weighted by atomic mass is 19.3. The van der Waals surface area contributed by atoms with Crippen LogP contribution >= 0.6 is 0 Å². The molecule has 0 aliphatic carbocycles.